The molecule has 0 spiro atoms. The molecule has 30 heavy (non-hydrogen) atoms. The lowest BCUT2D eigenvalue weighted by Gasteiger charge is -2.27. The first-order chi connectivity index (χ1) is 14.6. The van der Waals surface area contributed by atoms with Crippen LogP contribution in [0.1, 0.15) is 48.4 Å². The first-order valence-corrected chi connectivity index (χ1v) is 10.7. The molecule has 1 aromatic carbocycles. The fourth-order valence-corrected chi connectivity index (χ4v) is 4.60. The van der Waals surface area contributed by atoms with Crippen molar-refractivity contribution in [3.63, 3.8) is 0 Å². The summed E-state index contributed by atoms with van der Waals surface area (Å²) < 4.78 is 7.98. The Kier molecular flexibility index (Phi) is 4.90. The van der Waals surface area contributed by atoms with Crippen molar-refractivity contribution in [2.75, 3.05) is 19.3 Å². The molecule has 5 rings (SSSR count). The topological polar surface area (TPSA) is 82.1 Å². The summed E-state index contributed by atoms with van der Waals surface area (Å²) >= 11 is 0. The van der Waals surface area contributed by atoms with Gasteiger partial charge in [-0.15, -0.1) is 0 Å². The molecule has 0 atom stereocenters. The second-order valence-electron chi connectivity index (χ2n) is 8.56. The number of hydrogen-bond acceptors (Lipinski definition) is 6. The van der Waals surface area contributed by atoms with E-state index in [0.29, 0.717) is 17.7 Å². The molecule has 2 aliphatic rings. The van der Waals surface area contributed by atoms with Gasteiger partial charge in [-0.25, -0.2) is 9.97 Å². The van der Waals surface area contributed by atoms with Crippen LogP contribution in [-0.2, 0) is 13.0 Å². The number of anilines is 1. The number of benzene rings is 1. The number of ether oxygens (including phenoxy) is 1. The summed E-state index contributed by atoms with van der Waals surface area (Å²) in [6.07, 6.45) is 11.3. The Morgan fingerprint density at radius 3 is 2.83 bits per heavy atom. The summed E-state index contributed by atoms with van der Waals surface area (Å²) in [6.45, 7) is 4.23. The molecule has 0 saturated heterocycles. The first kappa shape index (κ1) is 19.1. The Bertz CT molecular complexity index is 1070. The molecule has 3 heterocycles. The van der Waals surface area contributed by atoms with Crippen molar-refractivity contribution < 1.29 is 4.74 Å². The van der Waals surface area contributed by atoms with Crippen molar-refractivity contribution in [1.29, 1.82) is 0 Å². The summed E-state index contributed by atoms with van der Waals surface area (Å²) in [7, 11) is 2.17. The van der Waals surface area contributed by atoms with E-state index >= 15 is 0 Å². The Morgan fingerprint density at radius 2 is 2.00 bits per heavy atom. The Hall–Kier alpha value is -2.93. The highest BCUT2D eigenvalue weighted by Gasteiger charge is 2.20. The van der Waals surface area contributed by atoms with E-state index in [2.05, 4.69) is 41.1 Å². The largest absolute Gasteiger partial charge is 0.433 e. The molecule has 1 aliphatic carbocycles. The van der Waals surface area contributed by atoms with Gasteiger partial charge in [0.25, 0.3) is 5.88 Å². The van der Waals surface area contributed by atoms with Gasteiger partial charge in [0, 0.05) is 18.7 Å². The highest BCUT2D eigenvalue weighted by molar-refractivity contribution is 5.64. The third-order valence-electron chi connectivity index (χ3n) is 6.31. The van der Waals surface area contributed by atoms with Crippen molar-refractivity contribution in [2.24, 2.45) is 0 Å². The number of nitrogens with zero attached hydrogens (tertiary/aromatic N) is 5. The molecule has 2 aromatic heterocycles. The molecule has 7 nitrogen and oxygen atoms in total. The minimum Gasteiger partial charge on any atom is -0.433 e. The van der Waals surface area contributed by atoms with Gasteiger partial charge in [0.2, 0.25) is 0 Å². The van der Waals surface area contributed by atoms with Crippen LogP contribution in [0.15, 0.2) is 30.7 Å². The maximum Gasteiger partial charge on any atom is 0.263 e. The number of nitrogen functional groups attached to an aromatic ring is 1. The van der Waals surface area contributed by atoms with Gasteiger partial charge in [0.1, 0.15) is 0 Å². The van der Waals surface area contributed by atoms with Crippen LogP contribution >= 0.6 is 0 Å². The van der Waals surface area contributed by atoms with Gasteiger partial charge in [0.05, 0.1) is 30.3 Å². The van der Waals surface area contributed by atoms with Crippen molar-refractivity contribution >= 4 is 5.82 Å². The summed E-state index contributed by atoms with van der Waals surface area (Å²) in [5.41, 5.74) is 12.0. The average Bonchev–Trinajstić information content (AvgIpc) is 3.42. The Morgan fingerprint density at radius 1 is 1.17 bits per heavy atom. The monoisotopic (exact) mass is 404 g/mol. The van der Waals surface area contributed by atoms with Crippen LogP contribution in [0.2, 0.25) is 0 Å². The molecule has 1 saturated carbocycles. The molecule has 3 aromatic rings. The zero-order valence-corrected chi connectivity index (χ0v) is 17.6. The summed E-state index contributed by atoms with van der Waals surface area (Å²) in [5, 5.41) is 4.47. The lowest BCUT2D eigenvalue weighted by molar-refractivity contribution is 0.312. The molecule has 0 bridgehead atoms. The van der Waals surface area contributed by atoms with Crippen molar-refractivity contribution in [1.82, 2.24) is 24.6 Å². The van der Waals surface area contributed by atoms with Crippen LogP contribution in [0.3, 0.4) is 0 Å². The maximum absolute atomic E-state index is 6.07. The molecule has 1 aliphatic heterocycles. The predicted octanol–water partition coefficient (Wildman–Crippen LogP) is 4.13. The van der Waals surface area contributed by atoms with E-state index in [0.717, 1.165) is 30.8 Å². The third-order valence-corrected chi connectivity index (χ3v) is 6.31. The molecule has 156 valence electrons. The first-order valence-electron chi connectivity index (χ1n) is 10.7. The summed E-state index contributed by atoms with van der Waals surface area (Å²) in [5.74, 6) is 1.25. The minimum atomic E-state index is 0.281. The van der Waals surface area contributed by atoms with E-state index in [1.165, 1.54) is 42.4 Å². The highest BCUT2D eigenvalue weighted by atomic mass is 16.5. The lowest BCUT2D eigenvalue weighted by atomic mass is 9.92. The second kappa shape index (κ2) is 7.72. The Balaban J connectivity index is 1.42. The van der Waals surface area contributed by atoms with E-state index in [4.69, 9.17) is 15.5 Å². The molecule has 0 amide bonds. The van der Waals surface area contributed by atoms with E-state index in [1.807, 2.05) is 10.9 Å². The van der Waals surface area contributed by atoms with Gasteiger partial charge in [-0.05, 0) is 62.1 Å². The van der Waals surface area contributed by atoms with Gasteiger partial charge >= 0.3 is 0 Å². The smallest absolute Gasteiger partial charge is 0.263 e. The van der Waals surface area contributed by atoms with Crippen molar-refractivity contribution in [3.8, 4) is 22.9 Å². The average molecular weight is 405 g/mol. The van der Waals surface area contributed by atoms with Crippen molar-refractivity contribution in [3.05, 3.63) is 47.4 Å². The van der Waals surface area contributed by atoms with Gasteiger partial charge < -0.3 is 15.4 Å². The number of aromatic nitrogens is 4. The zero-order valence-electron chi connectivity index (χ0n) is 17.6. The standard InChI is InChI=1S/C23H28N6O/c1-15-9-17(10-16-7-8-28(2)14-20(15)16)21-12-25-22(24)23(27-21)30-19-11-26-29(13-19)18-5-3-4-6-18/h9-13,18H,3-8,14H2,1-2H3,(H2,24,25). The minimum absolute atomic E-state index is 0.281. The van der Waals surface area contributed by atoms with Crippen LogP contribution in [-0.4, -0.2) is 38.2 Å². The number of nitrogens with two attached hydrogens (primary N) is 1. The van der Waals surface area contributed by atoms with Crippen LogP contribution in [0, 0.1) is 6.92 Å². The van der Waals surface area contributed by atoms with E-state index in [9.17, 15) is 0 Å². The molecule has 1 fully saturated rings. The van der Waals surface area contributed by atoms with E-state index in [1.54, 1.807) is 12.4 Å². The maximum atomic E-state index is 6.07. The van der Waals surface area contributed by atoms with Gasteiger partial charge in [0.15, 0.2) is 11.6 Å². The zero-order chi connectivity index (χ0) is 20.7. The van der Waals surface area contributed by atoms with E-state index < -0.39 is 0 Å². The highest BCUT2D eigenvalue weighted by Crippen LogP contribution is 2.33. The molecule has 0 unspecified atom stereocenters. The number of fused-ring (bicyclic) bond motifs is 1. The van der Waals surface area contributed by atoms with Gasteiger partial charge in [-0.2, -0.15) is 5.10 Å². The number of hydrogen-bond donors (Lipinski definition) is 1. The number of aryl methyl sites for hydroxylation is 1. The Labute approximate surface area is 176 Å². The van der Waals surface area contributed by atoms with Gasteiger partial charge in [-0.1, -0.05) is 12.8 Å². The lowest BCUT2D eigenvalue weighted by Crippen LogP contribution is -2.27. The summed E-state index contributed by atoms with van der Waals surface area (Å²) in [4.78, 5) is 11.4. The predicted molar refractivity (Wildman–Crippen MR) is 116 cm³/mol. The van der Waals surface area contributed by atoms with Crippen LogP contribution in [0.5, 0.6) is 11.6 Å². The SMILES string of the molecule is Cc1cc(-c2cnc(N)c(Oc3cnn(C4CCCC4)c3)n2)cc2c1CN(C)CC2. The number of likely N-dealkylation sites (N-methyl/N-ethyl adjacent to an activating group) is 1. The quantitative estimate of drug-likeness (QED) is 0.704. The molecule has 0 radical (unpaired) electrons. The van der Waals surface area contributed by atoms with Crippen molar-refractivity contribution in [2.45, 2.75) is 51.6 Å². The summed E-state index contributed by atoms with van der Waals surface area (Å²) in [6, 6.07) is 4.88. The van der Waals surface area contributed by atoms with Gasteiger partial charge in [-0.3, -0.25) is 4.68 Å². The fourth-order valence-electron chi connectivity index (χ4n) is 4.60. The third kappa shape index (κ3) is 3.65. The fraction of sp³-hybridized carbons (Fsp3) is 0.435. The van der Waals surface area contributed by atoms with Crippen LogP contribution in [0.25, 0.3) is 11.3 Å². The van der Waals surface area contributed by atoms with Crippen LogP contribution < -0.4 is 10.5 Å². The normalized spacial score (nSPS) is 17.3. The number of rotatable bonds is 4. The second-order valence-corrected chi connectivity index (χ2v) is 8.56. The van der Waals surface area contributed by atoms with E-state index in [-0.39, 0.29) is 5.82 Å². The molecule has 2 N–H and O–H groups in total. The molecule has 7 heteroatoms. The molecular weight excluding hydrogens is 376 g/mol. The van der Waals surface area contributed by atoms with Crippen LogP contribution in [0.4, 0.5) is 5.82 Å². The molecular formula is C23H28N6O.